The molecule has 1 aromatic carbocycles. The minimum Gasteiger partial charge on any atom is -0.369 e. The number of nitrogens with zero attached hydrogens (tertiary/aromatic N) is 1. The quantitative estimate of drug-likeness (QED) is 0.817. The zero-order valence-electron chi connectivity index (χ0n) is 13.9. The predicted octanol–water partition coefficient (Wildman–Crippen LogP) is 4.21. The van der Waals surface area contributed by atoms with Gasteiger partial charge in [-0.05, 0) is 30.5 Å². The van der Waals surface area contributed by atoms with Crippen LogP contribution in [0, 0.1) is 0 Å². The molecule has 0 unspecified atom stereocenters. The number of aromatic nitrogens is 1. The number of sulfone groups is 1. The number of rotatable bonds is 3. The summed E-state index contributed by atoms with van der Waals surface area (Å²) in [5.74, 6) is 0.917. The molecule has 4 nitrogen and oxygen atoms in total. The fourth-order valence-electron chi connectivity index (χ4n) is 3.72. The molecule has 4 rings (SSSR count). The number of halogens is 1. The third-order valence-electron chi connectivity index (χ3n) is 5.21. The van der Waals surface area contributed by atoms with Crippen LogP contribution in [-0.2, 0) is 15.3 Å². The van der Waals surface area contributed by atoms with Crippen LogP contribution in [0.4, 0.5) is 5.82 Å². The molecule has 0 radical (unpaired) electrons. The van der Waals surface area contributed by atoms with Crippen LogP contribution in [-0.4, -0.2) is 25.7 Å². The van der Waals surface area contributed by atoms with Gasteiger partial charge in [0.05, 0.1) is 15.7 Å². The number of anilines is 1. The second-order valence-corrected chi connectivity index (χ2v) is 9.31. The van der Waals surface area contributed by atoms with Crippen LogP contribution in [0.5, 0.6) is 0 Å². The molecule has 0 atom stereocenters. The van der Waals surface area contributed by atoms with Crippen molar-refractivity contribution in [2.45, 2.75) is 30.1 Å². The van der Waals surface area contributed by atoms with E-state index in [2.05, 4.69) is 22.5 Å². The van der Waals surface area contributed by atoms with E-state index < -0.39 is 9.84 Å². The van der Waals surface area contributed by atoms with Gasteiger partial charge in [-0.25, -0.2) is 13.4 Å². The third-order valence-corrected chi connectivity index (χ3v) is 7.33. The molecule has 1 aliphatic carbocycles. The highest BCUT2D eigenvalue weighted by atomic mass is 35.5. The van der Waals surface area contributed by atoms with Crippen LogP contribution in [0.3, 0.4) is 0 Å². The Morgan fingerprint density at radius 3 is 2.76 bits per heavy atom. The highest BCUT2D eigenvalue weighted by Crippen LogP contribution is 2.49. The molecule has 0 fully saturated rings. The maximum atomic E-state index is 12.2. The number of hydrogen-bond acceptors (Lipinski definition) is 4. The van der Waals surface area contributed by atoms with Crippen molar-refractivity contribution in [3.05, 3.63) is 53.2 Å². The van der Waals surface area contributed by atoms with Gasteiger partial charge < -0.3 is 5.32 Å². The van der Waals surface area contributed by atoms with Gasteiger partial charge in [0.25, 0.3) is 0 Å². The van der Waals surface area contributed by atoms with E-state index in [1.54, 1.807) is 31.3 Å². The molecular weight excluding hydrogens is 356 g/mol. The van der Waals surface area contributed by atoms with Gasteiger partial charge in [0.15, 0.2) is 9.84 Å². The SMILES string of the molecule is CCS(=O)(=O)c1cccc(-c2cnc3c(c2Cl)C2(CC=CC2)CN3)c1. The number of allylic oxidation sites excluding steroid dienone is 2. The highest BCUT2D eigenvalue weighted by Gasteiger charge is 2.42. The van der Waals surface area contributed by atoms with Crippen molar-refractivity contribution in [2.24, 2.45) is 0 Å². The Labute approximate surface area is 152 Å². The van der Waals surface area contributed by atoms with Gasteiger partial charge in [-0.2, -0.15) is 0 Å². The summed E-state index contributed by atoms with van der Waals surface area (Å²) in [5, 5.41) is 4.04. The number of pyridine rings is 1. The first-order valence-corrected chi connectivity index (χ1v) is 10.4. The standard InChI is InChI=1S/C19H19ClN2O2S/c1-2-25(23,24)14-7-5-6-13(10-14)15-11-21-18-16(17(15)20)19(12-22-18)8-3-4-9-19/h3-7,10-11H,2,8-9,12H2,1H3,(H,21,22). The minimum atomic E-state index is -3.26. The average molecular weight is 375 g/mol. The van der Waals surface area contributed by atoms with Gasteiger partial charge in [-0.3, -0.25) is 0 Å². The zero-order chi connectivity index (χ0) is 17.7. The van der Waals surface area contributed by atoms with E-state index in [9.17, 15) is 8.42 Å². The molecule has 6 heteroatoms. The molecule has 0 amide bonds. The Bertz CT molecular complexity index is 975. The van der Waals surface area contributed by atoms with Crippen molar-refractivity contribution in [1.82, 2.24) is 4.98 Å². The summed E-state index contributed by atoms with van der Waals surface area (Å²) in [6.45, 7) is 2.48. The normalized spacial score (nSPS) is 17.7. The fourth-order valence-corrected chi connectivity index (χ4v) is 5.10. The maximum Gasteiger partial charge on any atom is 0.178 e. The molecule has 1 N–H and O–H groups in total. The number of benzene rings is 1. The Morgan fingerprint density at radius 1 is 1.28 bits per heavy atom. The van der Waals surface area contributed by atoms with E-state index in [-0.39, 0.29) is 11.2 Å². The largest absolute Gasteiger partial charge is 0.369 e. The predicted molar refractivity (Wildman–Crippen MR) is 101 cm³/mol. The van der Waals surface area contributed by atoms with E-state index in [0.717, 1.165) is 41.9 Å². The van der Waals surface area contributed by atoms with Gasteiger partial charge in [-0.15, -0.1) is 0 Å². The third kappa shape index (κ3) is 2.57. The summed E-state index contributed by atoms with van der Waals surface area (Å²) in [6.07, 6.45) is 8.00. The van der Waals surface area contributed by atoms with Crippen molar-refractivity contribution < 1.29 is 8.42 Å². The second-order valence-electron chi connectivity index (χ2n) is 6.65. The Balaban J connectivity index is 1.85. The molecule has 0 saturated heterocycles. The molecule has 2 heterocycles. The molecular formula is C19H19ClN2O2S. The molecule has 0 bridgehead atoms. The van der Waals surface area contributed by atoms with Crippen molar-refractivity contribution in [2.75, 3.05) is 17.6 Å². The van der Waals surface area contributed by atoms with Crippen LogP contribution in [0.1, 0.15) is 25.3 Å². The van der Waals surface area contributed by atoms with Gasteiger partial charge in [0.1, 0.15) is 5.82 Å². The fraction of sp³-hybridized carbons (Fsp3) is 0.316. The van der Waals surface area contributed by atoms with Crippen molar-refractivity contribution in [1.29, 1.82) is 0 Å². The number of nitrogens with one attached hydrogen (secondary N) is 1. The van der Waals surface area contributed by atoms with E-state index in [4.69, 9.17) is 11.6 Å². The zero-order valence-corrected chi connectivity index (χ0v) is 15.5. The molecule has 0 saturated carbocycles. The summed E-state index contributed by atoms with van der Waals surface area (Å²) in [4.78, 5) is 4.87. The average Bonchev–Trinajstić information content (AvgIpc) is 3.24. The van der Waals surface area contributed by atoms with Crippen LogP contribution >= 0.6 is 11.6 Å². The van der Waals surface area contributed by atoms with Crippen LogP contribution < -0.4 is 5.32 Å². The lowest BCUT2D eigenvalue weighted by atomic mass is 9.80. The minimum absolute atomic E-state index is 0.0253. The van der Waals surface area contributed by atoms with Crippen LogP contribution in [0.15, 0.2) is 47.5 Å². The molecule has 25 heavy (non-hydrogen) atoms. The summed E-state index contributed by atoms with van der Waals surface area (Å²) < 4.78 is 24.4. The van der Waals surface area contributed by atoms with E-state index in [1.807, 2.05) is 6.07 Å². The van der Waals surface area contributed by atoms with E-state index >= 15 is 0 Å². The highest BCUT2D eigenvalue weighted by molar-refractivity contribution is 7.91. The monoisotopic (exact) mass is 374 g/mol. The van der Waals surface area contributed by atoms with Crippen molar-refractivity contribution in [3.8, 4) is 11.1 Å². The summed E-state index contributed by atoms with van der Waals surface area (Å²) in [6, 6.07) is 6.95. The number of fused-ring (bicyclic) bond motifs is 2. The van der Waals surface area contributed by atoms with Crippen molar-refractivity contribution >= 4 is 27.3 Å². The molecule has 1 aromatic heterocycles. The number of hydrogen-bond donors (Lipinski definition) is 1. The second kappa shape index (κ2) is 5.85. The molecule has 2 aromatic rings. The first-order chi connectivity index (χ1) is 12.0. The Kier molecular flexibility index (Phi) is 3.89. The summed E-state index contributed by atoms with van der Waals surface area (Å²) >= 11 is 6.80. The topological polar surface area (TPSA) is 59.1 Å². The lowest BCUT2D eigenvalue weighted by Gasteiger charge is -2.24. The molecule has 2 aliphatic rings. The van der Waals surface area contributed by atoms with E-state index in [0.29, 0.717) is 9.92 Å². The summed E-state index contributed by atoms with van der Waals surface area (Å²) in [7, 11) is -3.26. The lowest BCUT2D eigenvalue weighted by molar-refractivity contribution is 0.509. The van der Waals surface area contributed by atoms with Gasteiger partial charge in [0.2, 0.25) is 0 Å². The molecule has 1 spiro atoms. The first kappa shape index (κ1) is 16.6. The summed E-state index contributed by atoms with van der Waals surface area (Å²) in [5.41, 5.74) is 2.59. The Morgan fingerprint density at radius 2 is 2.04 bits per heavy atom. The van der Waals surface area contributed by atoms with Gasteiger partial charge in [0, 0.05) is 29.3 Å². The smallest absolute Gasteiger partial charge is 0.178 e. The molecule has 130 valence electrons. The van der Waals surface area contributed by atoms with E-state index in [1.165, 1.54) is 0 Å². The lowest BCUT2D eigenvalue weighted by Crippen LogP contribution is -2.25. The molecule has 1 aliphatic heterocycles. The van der Waals surface area contributed by atoms with Crippen LogP contribution in [0.2, 0.25) is 5.02 Å². The Hall–Kier alpha value is -1.85. The van der Waals surface area contributed by atoms with Gasteiger partial charge in [-0.1, -0.05) is 42.8 Å². The maximum absolute atomic E-state index is 12.2. The van der Waals surface area contributed by atoms with Crippen LogP contribution in [0.25, 0.3) is 11.1 Å². The van der Waals surface area contributed by atoms with Crippen molar-refractivity contribution in [3.63, 3.8) is 0 Å². The first-order valence-electron chi connectivity index (χ1n) is 8.38. The van der Waals surface area contributed by atoms with Gasteiger partial charge >= 0.3 is 0 Å².